The molecule has 1 aliphatic heterocycles. The number of aromatic nitrogens is 1. The van der Waals surface area contributed by atoms with E-state index in [-0.39, 0.29) is 28.7 Å². The molecule has 7 N–H and O–H groups in total. The van der Waals surface area contributed by atoms with Crippen LogP contribution in [-0.4, -0.2) is 41.6 Å². The molecule has 170 valence electrons. The molecule has 3 rings (SSSR count). The SMILES string of the molecule is CN(CCOc1ccc(CC2SC(=O)NC2=O)cc1)c1ccccn1.N.N.[Cl][Pt][Cl]. The van der Waals surface area contributed by atoms with Gasteiger partial charge in [-0.25, -0.2) is 4.98 Å². The Bertz CT molecular complexity index is 774. The number of halogens is 2. The summed E-state index contributed by atoms with van der Waals surface area (Å²) in [5, 5.41) is 1.69. The molecule has 1 unspecified atom stereocenters. The number of rotatable bonds is 7. The molecule has 1 aliphatic rings. The summed E-state index contributed by atoms with van der Waals surface area (Å²) in [5.74, 6) is 1.47. The Morgan fingerprint density at radius 2 is 1.83 bits per heavy atom. The Hall–Kier alpha value is -1.35. The summed E-state index contributed by atoms with van der Waals surface area (Å²) in [6, 6.07) is 13.4. The Kier molecular flexibility index (Phi) is 14.8. The number of likely N-dealkylation sites (N-methyl/N-ethyl adjacent to an activating group) is 1. The molecule has 30 heavy (non-hydrogen) atoms. The molecule has 0 radical (unpaired) electrons. The van der Waals surface area contributed by atoms with Crippen molar-refractivity contribution in [2.24, 2.45) is 0 Å². The number of ether oxygens (including phenoxy) is 1. The first kappa shape index (κ1) is 28.6. The molecular weight excluding hydrogens is 632 g/mol. The first-order chi connectivity index (χ1) is 13.5. The van der Waals surface area contributed by atoms with E-state index < -0.39 is 16.5 Å². The summed E-state index contributed by atoms with van der Waals surface area (Å²) in [7, 11) is 11.7. The van der Waals surface area contributed by atoms with E-state index in [4.69, 9.17) is 23.6 Å². The molecule has 0 spiro atoms. The molecule has 2 aromatic rings. The number of hydrogen-bond acceptors (Lipinski definition) is 8. The zero-order chi connectivity index (χ0) is 20.4. The molecular formula is C18H25Cl2N5O3PtS. The van der Waals surface area contributed by atoms with Gasteiger partial charge in [0.15, 0.2) is 0 Å². The maximum atomic E-state index is 11.6. The van der Waals surface area contributed by atoms with Crippen molar-refractivity contribution < 1.29 is 30.8 Å². The second-order valence-electron chi connectivity index (χ2n) is 5.73. The molecule has 0 saturated carbocycles. The zero-order valence-corrected chi connectivity index (χ0v) is 20.9. The van der Waals surface area contributed by atoms with E-state index >= 15 is 0 Å². The van der Waals surface area contributed by atoms with Crippen LogP contribution in [0, 0.1) is 0 Å². The molecule has 1 saturated heterocycles. The average molecular weight is 657 g/mol. The molecule has 0 bridgehead atoms. The monoisotopic (exact) mass is 656 g/mol. The third kappa shape index (κ3) is 9.64. The van der Waals surface area contributed by atoms with Gasteiger partial charge in [0.2, 0.25) is 5.91 Å². The van der Waals surface area contributed by atoms with Gasteiger partial charge in [-0.1, -0.05) is 30.0 Å². The van der Waals surface area contributed by atoms with Crippen LogP contribution in [0.1, 0.15) is 5.56 Å². The van der Waals surface area contributed by atoms with Gasteiger partial charge in [0.05, 0.1) is 11.8 Å². The Balaban J connectivity index is 0.00000159. The van der Waals surface area contributed by atoms with Gasteiger partial charge in [-0.3, -0.25) is 14.9 Å². The van der Waals surface area contributed by atoms with E-state index in [1.54, 1.807) is 6.20 Å². The number of carbonyl (C=O) groups excluding carboxylic acids is 2. The number of nitrogens with zero attached hydrogens (tertiary/aromatic N) is 2. The molecule has 12 heteroatoms. The molecule has 1 aromatic heterocycles. The fourth-order valence-electron chi connectivity index (χ4n) is 2.46. The summed E-state index contributed by atoms with van der Waals surface area (Å²) in [6.45, 7) is 1.27. The van der Waals surface area contributed by atoms with Crippen molar-refractivity contribution in [3.63, 3.8) is 0 Å². The number of pyridine rings is 1. The van der Waals surface area contributed by atoms with E-state index in [1.165, 1.54) is 0 Å². The number of anilines is 1. The van der Waals surface area contributed by atoms with Gasteiger partial charge in [0.1, 0.15) is 18.2 Å². The average Bonchev–Trinajstić information content (AvgIpc) is 3.01. The van der Waals surface area contributed by atoms with E-state index in [1.807, 2.05) is 54.4 Å². The number of carbonyl (C=O) groups is 2. The summed E-state index contributed by atoms with van der Waals surface area (Å²) < 4.78 is 5.75. The van der Waals surface area contributed by atoms with Crippen LogP contribution in [0.25, 0.3) is 0 Å². The van der Waals surface area contributed by atoms with Gasteiger partial charge in [0, 0.05) is 13.2 Å². The number of benzene rings is 1. The standard InChI is InChI=1S/C18H19N3O3S.2ClH.2H3N.Pt/c1-21(16-4-2-3-9-19-16)10-11-24-14-7-5-13(6-8-14)12-15-17(22)20-18(23)25-15;;;;;/h2-9,15H,10-12H2,1H3,(H,20,22,23);2*1H;2*1H3;/q;;;;;+2/p-2. The topological polar surface area (TPSA) is 142 Å². The molecule has 1 fully saturated rings. The maximum absolute atomic E-state index is 11.6. The number of thioether (sulfide) groups is 1. The Morgan fingerprint density at radius 3 is 2.37 bits per heavy atom. The van der Waals surface area contributed by atoms with Crippen molar-refractivity contribution in [1.29, 1.82) is 0 Å². The van der Waals surface area contributed by atoms with Crippen LogP contribution in [0.3, 0.4) is 0 Å². The molecule has 2 amide bonds. The van der Waals surface area contributed by atoms with Crippen LogP contribution in [0.4, 0.5) is 10.6 Å². The van der Waals surface area contributed by atoms with Crippen molar-refractivity contribution in [3.8, 4) is 5.75 Å². The Morgan fingerprint density at radius 1 is 1.17 bits per heavy atom. The van der Waals surface area contributed by atoms with Crippen LogP contribution in [0.15, 0.2) is 48.7 Å². The summed E-state index contributed by atoms with van der Waals surface area (Å²) >= 11 is 0.573. The zero-order valence-electron chi connectivity index (χ0n) is 16.3. The van der Waals surface area contributed by atoms with E-state index in [9.17, 15) is 9.59 Å². The summed E-state index contributed by atoms with van der Waals surface area (Å²) in [6.07, 6.45) is 2.30. The van der Waals surface area contributed by atoms with Gasteiger partial charge < -0.3 is 21.9 Å². The normalized spacial score (nSPS) is 14.6. The van der Waals surface area contributed by atoms with Crippen molar-refractivity contribution in [3.05, 3.63) is 54.2 Å². The van der Waals surface area contributed by atoms with Crippen molar-refractivity contribution in [2.45, 2.75) is 11.7 Å². The summed E-state index contributed by atoms with van der Waals surface area (Å²) in [4.78, 5) is 29.1. The number of imide groups is 1. The molecule has 1 atom stereocenters. The van der Waals surface area contributed by atoms with Gasteiger partial charge in [-0.2, -0.15) is 0 Å². The molecule has 0 aliphatic carbocycles. The third-order valence-electron chi connectivity index (χ3n) is 3.85. The van der Waals surface area contributed by atoms with Crippen molar-refractivity contribution in [2.75, 3.05) is 25.1 Å². The van der Waals surface area contributed by atoms with Crippen LogP contribution >= 0.6 is 30.6 Å². The molecule has 1 aromatic carbocycles. The van der Waals surface area contributed by atoms with Gasteiger partial charge >= 0.3 is 35.3 Å². The molecule has 2 heterocycles. The predicted molar refractivity (Wildman–Crippen MR) is 120 cm³/mol. The summed E-state index contributed by atoms with van der Waals surface area (Å²) in [5.41, 5.74) is 1.00. The number of hydrogen-bond donors (Lipinski definition) is 3. The van der Waals surface area contributed by atoms with Gasteiger partial charge in [-0.15, -0.1) is 0 Å². The number of amides is 2. The van der Waals surface area contributed by atoms with E-state index in [2.05, 4.69) is 10.3 Å². The van der Waals surface area contributed by atoms with Crippen LogP contribution in [0.5, 0.6) is 5.75 Å². The van der Waals surface area contributed by atoms with E-state index in [0.717, 1.165) is 35.4 Å². The fourth-order valence-corrected chi connectivity index (χ4v) is 3.32. The third-order valence-corrected chi connectivity index (χ3v) is 4.83. The predicted octanol–water partition coefficient (Wildman–Crippen LogP) is 4.19. The molecule has 8 nitrogen and oxygen atoms in total. The minimum absolute atomic E-state index is 0. The van der Waals surface area contributed by atoms with Gasteiger partial charge in [-0.05, 0) is 36.2 Å². The first-order valence-corrected chi connectivity index (χ1v) is 14.7. The van der Waals surface area contributed by atoms with E-state index in [0.29, 0.717) is 13.0 Å². The second-order valence-corrected chi connectivity index (χ2v) is 10.2. The van der Waals surface area contributed by atoms with Crippen LogP contribution in [-0.2, 0) is 27.7 Å². The fraction of sp³-hybridized carbons (Fsp3) is 0.278. The first-order valence-electron chi connectivity index (χ1n) is 8.21. The van der Waals surface area contributed by atoms with Crippen molar-refractivity contribution >= 4 is 47.6 Å². The second kappa shape index (κ2) is 15.5. The van der Waals surface area contributed by atoms with Gasteiger partial charge in [0.25, 0.3) is 5.24 Å². The van der Waals surface area contributed by atoms with Crippen LogP contribution < -0.4 is 27.3 Å². The van der Waals surface area contributed by atoms with Crippen molar-refractivity contribution in [1.82, 2.24) is 22.6 Å². The Labute approximate surface area is 197 Å². The quantitative estimate of drug-likeness (QED) is 0.403. The number of nitrogens with one attached hydrogen (secondary N) is 1. The van der Waals surface area contributed by atoms with Crippen LogP contribution in [0.2, 0.25) is 0 Å². The minimum atomic E-state index is -0.472.